The van der Waals surface area contributed by atoms with E-state index in [1.807, 2.05) is 12.1 Å². The van der Waals surface area contributed by atoms with Crippen molar-refractivity contribution in [2.75, 3.05) is 53.6 Å². The Bertz CT molecular complexity index is 1110. The van der Waals surface area contributed by atoms with Gasteiger partial charge in [0.05, 0.1) is 46.6 Å². The Morgan fingerprint density at radius 1 is 1.12 bits per heavy atom. The second kappa shape index (κ2) is 10.3. The molecule has 4 rings (SSSR count). The Morgan fingerprint density at radius 3 is 2.53 bits per heavy atom. The van der Waals surface area contributed by atoms with Crippen LogP contribution in [-0.2, 0) is 14.3 Å². The van der Waals surface area contributed by atoms with Crippen molar-refractivity contribution in [3.05, 3.63) is 64.7 Å². The first-order chi connectivity index (χ1) is 16.5. The lowest BCUT2D eigenvalue weighted by molar-refractivity contribution is -0.907. The maximum absolute atomic E-state index is 13.7. The van der Waals surface area contributed by atoms with Crippen molar-refractivity contribution in [3.8, 4) is 11.5 Å². The molecule has 0 aliphatic carbocycles. The number of hydrogen-bond acceptors (Lipinski definition) is 6. The Balaban J connectivity index is 1.79. The molecule has 180 valence electrons. The minimum absolute atomic E-state index is 0.0419. The van der Waals surface area contributed by atoms with Crippen LogP contribution in [0.4, 0.5) is 0 Å². The Morgan fingerprint density at radius 2 is 1.85 bits per heavy atom. The molecule has 0 saturated carbocycles. The van der Waals surface area contributed by atoms with Crippen LogP contribution in [0.2, 0.25) is 0 Å². The predicted molar refractivity (Wildman–Crippen MR) is 123 cm³/mol. The maximum atomic E-state index is 13.7. The van der Waals surface area contributed by atoms with Crippen molar-refractivity contribution in [1.82, 2.24) is 4.90 Å². The summed E-state index contributed by atoms with van der Waals surface area (Å²) in [5.74, 6) is -0.721. The van der Waals surface area contributed by atoms with Gasteiger partial charge in [0.15, 0.2) is 0 Å². The van der Waals surface area contributed by atoms with Gasteiger partial charge in [0.25, 0.3) is 5.91 Å². The van der Waals surface area contributed by atoms with Crippen molar-refractivity contribution in [2.24, 2.45) is 0 Å². The number of Topliss-reactive ketones (excluding diaryl/α,β-unsaturated/α-hetero) is 1. The molecule has 2 aromatic carbocycles. The highest BCUT2D eigenvalue weighted by atomic mass is 16.5. The van der Waals surface area contributed by atoms with Crippen LogP contribution in [0.15, 0.2) is 48.0 Å². The topological polar surface area (TPSA) is 92.6 Å². The number of nitrogens with one attached hydrogen (secondary N) is 1. The minimum Gasteiger partial charge on any atom is -0.872 e. The molecule has 2 fully saturated rings. The number of para-hydroxylation sites is 1. The first-order valence-electron chi connectivity index (χ1n) is 11.4. The summed E-state index contributed by atoms with van der Waals surface area (Å²) in [6.45, 7) is 5.83. The molecular weight excluding hydrogens is 436 g/mol. The molecule has 0 aromatic heterocycles. The number of ether oxygens (including phenoxy) is 3. The van der Waals surface area contributed by atoms with Crippen LogP contribution >= 0.6 is 0 Å². The fourth-order valence-electron chi connectivity index (χ4n) is 4.67. The Labute approximate surface area is 199 Å². The van der Waals surface area contributed by atoms with Crippen molar-refractivity contribution >= 4 is 17.4 Å². The van der Waals surface area contributed by atoms with E-state index in [0.29, 0.717) is 54.5 Å². The molecular formula is C26H30N2O6. The minimum atomic E-state index is -0.814. The number of aryl methyl sites for hydroxylation is 1. The molecule has 2 heterocycles. The summed E-state index contributed by atoms with van der Waals surface area (Å²) in [5, 5.41) is 13.7. The van der Waals surface area contributed by atoms with Crippen LogP contribution in [0.5, 0.6) is 11.5 Å². The van der Waals surface area contributed by atoms with E-state index in [1.54, 1.807) is 44.4 Å². The lowest BCUT2D eigenvalue weighted by atomic mass is 9.93. The van der Waals surface area contributed by atoms with E-state index in [9.17, 15) is 14.7 Å². The van der Waals surface area contributed by atoms with Crippen molar-refractivity contribution in [3.63, 3.8) is 0 Å². The van der Waals surface area contributed by atoms with Crippen LogP contribution in [-0.4, -0.2) is 70.2 Å². The number of carbonyl (C=O) groups excluding carboxylic acids is 2. The van der Waals surface area contributed by atoms with Crippen LogP contribution in [0, 0.1) is 6.92 Å². The number of amides is 1. The SMILES string of the molecule is COc1ccc(C([O-])=C2C(=O)C(=O)N(CC[NH+]3CCOCC3)C2c2ccccc2OC)c(C)c1. The van der Waals surface area contributed by atoms with Gasteiger partial charge in [-0.3, -0.25) is 9.59 Å². The number of likely N-dealkylation sites (tertiary alicyclic amines) is 1. The number of carbonyl (C=O) groups is 2. The summed E-state index contributed by atoms with van der Waals surface area (Å²) in [6, 6.07) is 11.5. The highest BCUT2D eigenvalue weighted by Gasteiger charge is 2.45. The van der Waals surface area contributed by atoms with E-state index in [2.05, 4.69) is 0 Å². The molecule has 2 aliphatic rings. The van der Waals surface area contributed by atoms with Gasteiger partial charge in [-0.15, -0.1) is 0 Å². The zero-order valence-corrected chi connectivity index (χ0v) is 19.8. The van der Waals surface area contributed by atoms with Gasteiger partial charge >= 0.3 is 0 Å². The smallest absolute Gasteiger partial charge is 0.295 e. The summed E-state index contributed by atoms with van der Waals surface area (Å²) in [4.78, 5) is 29.3. The van der Waals surface area contributed by atoms with Gasteiger partial charge in [-0.25, -0.2) is 0 Å². The van der Waals surface area contributed by atoms with Gasteiger partial charge < -0.3 is 29.1 Å². The highest BCUT2D eigenvalue weighted by Crippen LogP contribution is 2.42. The number of quaternary nitrogens is 1. The first-order valence-corrected chi connectivity index (χ1v) is 11.4. The lowest BCUT2D eigenvalue weighted by Crippen LogP contribution is -3.14. The van der Waals surface area contributed by atoms with Crippen molar-refractivity contribution in [2.45, 2.75) is 13.0 Å². The molecule has 1 unspecified atom stereocenters. The summed E-state index contributed by atoms with van der Waals surface area (Å²) in [7, 11) is 3.09. The van der Waals surface area contributed by atoms with E-state index in [0.717, 1.165) is 13.1 Å². The largest absolute Gasteiger partial charge is 0.872 e. The highest BCUT2D eigenvalue weighted by molar-refractivity contribution is 6.46. The molecule has 8 heteroatoms. The first kappa shape index (κ1) is 23.8. The molecule has 2 aromatic rings. The monoisotopic (exact) mass is 466 g/mol. The number of methoxy groups -OCH3 is 2. The summed E-state index contributed by atoms with van der Waals surface area (Å²) in [5.41, 5.74) is 1.63. The van der Waals surface area contributed by atoms with Crippen LogP contribution < -0.4 is 19.5 Å². The van der Waals surface area contributed by atoms with Gasteiger partial charge in [-0.2, -0.15) is 0 Å². The normalized spacial score (nSPS) is 20.6. The van der Waals surface area contributed by atoms with E-state index in [1.165, 1.54) is 16.9 Å². The average Bonchev–Trinajstić information content (AvgIpc) is 3.12. The average molecular weight is 467 g/mol. The number of benzene rings is 2. The standard InChI is InChI=1S/C26H30N2O6/c1-17-16-18(32-2)8-9-19(17)24(29)22-23(20-6-4-5-7-21(20)33-3)28(26(31)25(22)30)11-10-27-12-14-34-15-13-27/h4-9,16,23,29H,10-15H2,1-3H3. The molecule has 1 atom stereocenters. The number of morpholine rings is 1. The van der Waals surface area contributed by atoms with Crippen molar-refractivity contribution < 1.29 is 33.8 Å². The van der Waals surface area contributed by atoms with E-state index < -0.39 is 23.5 Å². The van der Waals surface area contributed by atoms with Crippen molar-refractivity contribution in [1.29, 1.82) is 0 Å². The van der Waals surface area contributed by atoms with Crippen LogP contribution in [0.25, 0.3) is 5.76 Å². The summed E-state index contributed by atoms with van der Waals surface area (Å²) < 4.78 is 16.2. The van der Waals surface area contributed by atoms with Gasteiger partial charge in [0.1, 0.15) is 24.6 Å². The van der Waals surface area contributed by atoms with Gasteiger partial charge in [-0.1, -0.05) is 30.0 Å². The maximum Gasteiger partial charge on any atom is 0.295 e. The number of ketones is 1. The Kier molecular flexibility index (Phi) is 7.19. The molecule has 2 aliphatic heterocycles. The van der Waals surface area contributed by atoms with Gasteiger partial charge in [0.2, 0.25) is 5.78 Å². The van der Waals surface area contributed by atoms with Crippen LogP contribution in [0.1, 0.15) is 22.7 Å². The Hall–Kier alpha value is -3.36. The van der Waals surface area contributed by atoms with E-state index >= 15 is 0 Å². The van der Waals surface area contributed by atoms with Gasteiger partial charge in [-0.05, 0) is 36.2 Å². The molecule has 34 heavy (non-hydrogen) atoms. The number of nitrogens with zero attached hydrogens (tertiary/aromatic N) is 1. The number of hydrogen-bond donors (Lipinski definition) is 1. The van der Waals surface area contributed by atoms with Gasteiger partial charge in [0, 0.05) is 11.1 Å². The fourth-order valence-corrected chi connectivity index (χ4v) is 4.67. The number of rotatable bonds is 7. The second-order valence-corrected chi connectivity index (χ2v) is 8.51. The molecule has 8 nitrogen and oxygen atoms in total. The summed E-state index contributed by atoms with van der Waals surface area (Å²) in [6.07, 6.45) is 0. The molecule has 0 bridgehead atoms. The molecule has 0 spiro atoms. The zero-order valence-electron chi connectivity index (χ0n) is 19.8. The third-order valence-electron chi connectivity index (χ3n) is 6.55. The molecule has 0 radical (unpaired) electrons. The summed E-state index contributed by atoms with van der Waals surface area (Å²) >= 11 is 0. The second-order valence-electron chi connectivity index (χ2n) is 8.51. The lowest BCUT2D eigenvalue weighted by Gasteiger charge is -2.31. The molecule has 1 N–H and O–H groups in total. The molecule has 1 amide bonds. The van der Waals surface area contributed by atoms with E-state index in [-0.39, 0.29) is 5.57 Å². The third kappa shape index (κ3) is 4.51. The zero-order chi connectivity index (χ0) is 24.2. The molecule has 2 saturated heterocycles. The third-order valence-corrected chi connectivity index (χ3v) is 6.55. The fraction of sp³-hybridized carbons (Fsp3) is 0.385. The predicted octanol–water partition coefficient (Wildman–Crippen LogP) is 0.151. The van der Waals surface area contributed by atoms with Crippen LogP contribution in [0.3, 0.4) is 0 Å². The quantitative estimate of drug-likeness (QED) is 0.355. The van der Waals surface area contributed by atoms with E-state index in [4.69, 9.17) is 14.2 Å².